The molecule has 0 spiro atoms. The molecule has 0 aliphatic rings. The molecule has 0 bridgehead atoms. The Bertz CT molecular complexity index is 2900. The van der Waals surface area contributed by atoms with Crippen molar-refractivity contribution in [1.82, 2.24) is 0 Å². The second-order valence-electron chi connectivity index (χ2n) is 19.2. The monoisotopic (exact) mass is 1710 g/mol. The highest BCUT2D eigenvalue weighted by Crippen LogP contribution is 2.75. The van der Waals surface area contributed by atoms with E-state index in [1.807, 2.05) is 0 Å². The number of rotatable bonds is 31. The number of carbonyl (C=O) groups is 1. The molecule has 0 aromatic carbocycles. The Hall–Kier alpha value is -5.22. The van der Waals surface area contributed by atoms with E-state index in [9.17, 15) is 295 Å². The van der Waals surface area contributed by atoms with Gasteiger partial charge in [0.2, 0.25) is 0 Å². The van der Waals surface area contributed by atoms with Crippen LogP contribution in [0.4, 0.5) is 294 Å². The average molecular weight is 1710 g/mol. The van der Waals surface area contributed by atoms with Crippen molar-refractivity contribution in [2.45, 2.75) is 196 Å². The first-order valence-electron chi connectivity index (χ1n) is 21.3. The minimum absolute atomic E-state index is 6.99. The van der Waals surface area contributed by atoms with Gasteiger partial charge in [-0.2, -0.15) is 290 Å². The normalized spacial score (nSPS) is 17.5. The molecule has 1 N–H and O–H groups in total. The van der Waals surface area contributed by atoms with Crippen LogP contribution in [0.25, 0.3) is 0 Å². The van der Waals surface area contributed by atoms with Gasteiger partial charge in [-0.25, -0.2) is 9.18 Å². The summed E-state index contributed by atoms with van der Waals surface area (Å²) in [4.78, 5) is 11.0. The van der Waals surface area contributed by atoms with E-state index >= 15 is 4.39 Å². The van der Waals surface area contributed by atoms with E-state index in [1.54, 1.807) is 0 Å². The Morgan fingerprint density at radius 3 is 0.233 bits per heavy atom. The van der Waals surface area contributed by atoms with Gasteiger partial charge in [0, 0.05) is 0 Å². The maximum atomic E-state index is 15.2. The first-order valence-corrected chi connectivity index (χ1v) is 21.3. The van der Waals surface area contributed by atoms with Crippen LogP contribution in [0.15, 0.2) is 0 Å². The van der Waals surface area contributed by atoms with Crippen LogP contribution in [0, 0.1) is 0 Å². The first-order chi connectivity index (χ1) is 42.9. The maximum absolute atomic E-state index is 15.2. The number of halogens is 67. The summed E-state index contributed by atoms with van der Waals surface area (Å²) in [5.41, 5.74) is -11.0. The molecular weight excluding hydrogens is 1710 g/mol. The zero-order valence-electron chi connectivity index (χ0n) is 43.2. The molecule has 618 valence electrons. The fourth-order valence-corrected chi connectivity index (χ4v) is 6.38. The third-order valence-corrected chi connectivity index (χ3v) is 12.9. The zero-order valence-corrected chi connectivity index (χ0v) is 43.2. The number of aliphatic carboxylic acids is 1. The third kappa shape index (κ3) is 10.4. The molecule has 0 aliphatic heterocycles. The second-order valence-corrected chi connectivity index (χ2v) is 19.2. The summed E-state index contributed by atoms with van der Waals surface area (Å²) in [7, 11) is 0. The predicted octanol–water partition coefficient (Wildman–Crippen LogP) is 21.0. The molecule has 0 saturated carbocycles. The smallest absolute Gasteiger partial charge is 0.460 e. The summed E-state index contributed by atoms with van der Waals surface area (Å²) in [5.74, 6) is -332. The van der Waals surface area contributed by atoms with Gasteiger partial charge in [-0.15, -0.1) is 0 Å². The summed E-state index contributed by atoms with van der Waals surface area (Å²) < 4.78 is 933. The Kier molecular flexibility index (Phi) is 22.0. The summed E-state index contributed by atoms with van der Waals surface area (Å²) in [6, 6.07) is 0. The highest BCUT2D eigenvalue weighted by molar-refractivity contribution is 5.81. The molecule has 0 unspecified atom stereocenters. The average Bonchev–Trinajstić information content (AvgIpc) is 0.676. The molecule has 0 saturated heterocycles. The molecule has 0 atom stereocenters. The van der Waals surface area contributed by atoms with E-state index in [4.69, 9.17) is 5.11 Å². The molecule has 0 aliphatic carbocycles. The highest BCUT2D eigenvalue weighted by atomic mass is 19.5. The predicted molar refractivity (Wildman–Crippen MR) is 172 cm³/mol. The third-order valence-electron chi connectivity index (χ3n) is 12.9. The van der Waals surface area contributed by atoms with Crippen molar-refractivity contribution in [1.29, 1.82) is 0 Å². The lowest BCUT2D eigenvalue weighted by Gasteiger charge is -2.49. The van der Waals surface area contributed by atoms with Gasteiger partial charge in [-0.1, -0.05) is 0 Å². The summed E-state index contributed by atoms with van der Waals surface area (Å²) in [6.07, 6.45) is -17.5. The summed E-state index contributed by atoms with van der Waals surface area (Å²) in [6.45, 7) is 0. The van der Waals surface area contributed by atoms with Crippen LogP contribution >= 0.6 is 0 Å². The van der Waals surface area contributed by atoms with Crippen molar-refractivity contribution in [2.75, 3.05) is 0 Å². The fourth-order valence-electron chi connectivity index (χ4n) is 6.38. The number of hydrogen-bond acceptors (Lipinski definition) is 1. The molecule has 0 heterocycles. The van der Waals surface area contributed by atoms with Crippen molar-refractivity contribution in [3.63, 3.8) is 0 Å². The van der Waals surface area contributed by atoms with Gasteiger partial charge in [-0.3, -0.25) is 0 Å². The van der Waals surface area contributed by atoms with Gasteiger partial charge in [0.05, 0.1) is 0 Å². The molecule has 0 rings (SSSR count). The van der Waals surface area contributed by atoms with Crippen LogP contribution in [0.3, 0.4) is 0 Å². The van der Waals surface area contributed by atoms with Gasteiger partial charge in [0.25, 0.3) is 0 Å². The quantitative estimate of drug-likeness (QED) is 0.0703. The van der Waals surface area contributed by atoms with Crippen LogP contribution < -0.4 is 0 Å². The van der Waals surface area contributed by atoms with Crippen molar-refractivity contribution < 1.29 is 304 Å². The minimum Gasteiger partial charge on any atom is -0.479 e. The highest BCUT2D eigenvalue weighted by Gasteiger charge is 3.07. The van der Waals surface area contributed by atoms with Gasteiger partial charge in [0.15, 0.2) is 0 Å². The lowest BCUT2D eigenvalue weighted by Crippen LogP contribution is -2.83. The van der Waals surface area contributed by atoms with Crippen molar-refractivity contribution in [2.24, 2.45) is 0 Å². The van der Waals surface area contributed by atoms with E-state index in [0.717, 1.165) is 0 Å². The van der Waals surface area contributed by atoms with E-state index in [2.05, 4.69) is 0 Å². The van der Waals surface area contributed by atoms with Crippen LogP contribution in [0.1, 0.15) is 0 Å². The first kappa shape index (κ1) is 97.8. The number of carboxylic acids is 1. The summed E-state index contributed by atoms with van der Waals surface area (Å²) >= 11 is 0. The van der Waals surface area contributed by atoms with Gasteiger partial charge in [0.1, 0.15) is 0 Å². The minimum atomic E-state index is -11.4. The number of carboxylic acid groups (broad SMARTS) is 1. The molecule has 0 amide bonds. The largest absolute Gasteiger partial charge is 0.479 e. The lowest BCUT2D eigenvalue weighted by molar-refractivity contribution is -0.496. The Labute approximate surface area is 507 Å². The van der Waals surface area contributed by atoms with Crippen LogP contribution in [0.2, 0.25) is 0 Å². The van der Waals surface area contributed by atoms with E-state index < -0.39 is 202 Å². The Morgan fingerprint density at radius 1 is 0.117 bits per heavy atom. The lowest BCUT2D eigenvalue weighted by atomic mass is 9.76. The Morgan fingerprint density at radius 2 is 0.175 bits per heavy atom. The van der Waals surface area contributed by atoms with E-state index in [1.165, 1.54) is 0 Å². The molecule has 103 heavy (non-hydrogen) atoms. The van der Waals surface area contributed by atoms with Gasteiger partial charge in [-0.05, 0) is 0 Å². The second kappa shape index (κ2) is 23.2. The SMILES string of the molecule is O=C(O)C(F)(C(F)(F)C(F)(F)C(F)(F)C(F)(F)C(F)(F)C(F)(F)C(F)(F)C(F)(F)C(F)(F)C(F)(F)C(F)(F)C(F)(F)C(F)(F)C(F)(F)C(F)(F)C(F)(F)F)C(F)(F)C(F)(F)C(F)(F)C(F)(F)C(F)(F)C(F)(F)C(F)(F)C(F)(F)C(F)(F)C(F)(F)C(F)(F)C(F)(F)C(F)(F)C(F)(F)C(F)(F)C(F)(F)F. The molecule has 0 fully saturated rings. The molecule has 0 radical (unpaired) electrons. The topological polar surface area (TPSA) is 37.3 Å². The van der Waals surface area contributed by atoms with E-state index in [0.29, 0.717) is 0 Å². The van der Waals surface area contributed by atoms with Crippen LogP contribution in [-0.4, -0.2) is 207 Å². The van der Waals surface area contributed by atoms with Crippen LogP contribution in [-0.2, 0) is 4.79 Å². The summed E-state index contributed by atoms with van der Waals surface area (Å²) in [5, 5.41) is 8.19. The fraction of sp³-hybridized carbons (Fsp3) is 0.971. The molecular formula is C34HF67O2. The molecule has 0 aromatic heterocycles. The number of hydrogen-bond donors (Lipinski definition) is 1. The molecule has 69 heteroatoms. The van der Waals surface area contributed by atoms with Gasteiger partial charge < -0.3 is 5.11 Å². The van der Waals surface area contributed by atoms with Gasteiger partial charge >= 0.3 is 202 Å². The standard InChI is InChI=1S/C34HF67O2/c35-2(1(102)103,3(36,37)5(40,41)7(44,45)9(48,49)11(52,53)13(56,57)15(60,61)17(64,65)19(68,69)21(72,73)23(76,77)25(80,81)27(84,85)29(88,89)31(92,93)33(96,97)98)4(38,39)6(42,43)8(46,47)10(50,51)12(54,55)14(58,59)16(62,63)18(66,67)20(70,71)22(74,75)24(78,79)26(82,83)28(86,87)30(90,91)32(94,95)34(99,100)101/h(H,102,103). The Balaban J connectivity index is 8.71. The van der Waals surface area contributed by atoms with Crippen molar-refractivity contribution in [3.8, 4) is 0 Å². The van der Waals surface area contributed by atoms with Crippen LogP contribution in [0.5, 0.6) is 0 Å². The van der Waals surface area contributed by atoms with E-state index in [-0.39, 0.29) is 0 Å². The zero-order chi connectivity index (χ0) is 86.1. The maximum Gasteiger partial charge on any atom is 0.460 e. The molecule has 2 nitrogen and oxygen atoms in total. The number of alkyl halides is 67. The van der Waals surface area contributed by atoms with Crippen molar-refractivity contribution in [3.05, 3.63) is 0 Å². The molecule has 0 aromatic rings. The van der Waals surface area contributed by atoms with Crippen molar-refractivity contribution >= 4 is 5.97 Å².